The molecule has 0 N–H and O–H groups in total. The molecule has 0 atom stereocenters. The summed E-state index contributed by atoms with van der Waals surface area (Å²) in [5.74, 6) is 2.50. The minimum absolute atomic E-state index is 0.165. The highest BCUT2D eigenvalue weighted by Gasteiger charge is 2.26. The number of carbonyl (C=O) groups excluding carboxylic acids is 1. The predicted molar refractivity (Wildman–Crippen MR) is 99.8 cm³/mol. The molecule has 0 saturated carbocycles. The molecule has 9 heteroatoms. The molecule has 1 aliphatic heterocycles. The van der Waals surface area contributed by atoms with Crippen molar-refractivity contribution in [2.24, 2.45) is 0 Å². The summed E-state index contributed by atoms with van der Waals surface area (Å²) in [6.07, 6.45) is 3.36. The fourth-order valence-electron chi connectivity index (χ4n) is 3.10. The Hall–Kier alpha value is -3.10. The smallest absolute Gasteiger partial charge is 0.293 e. The lowest BCUT2D eigenvalue weighted by molar-refractivity contribution is 0.0734. The van der Waals surface area contributed by atoms with Crippen LogP contribution in [0.5, 0.6) is 0 Å². The Bertz CT molecular complexity index is 941. The summed E-state index contributed by atoms with van der Waals surface area (Å²) < 4.78 is 1.51. The molecule has 3 aromatic heterocycles. The van der Waals surface area contributed by atoms with Crippen LogP contribution in [-0.4, -0.2) is 66.5 Å². The zero-order valence-corrected chi connectivity index (χ0v) is 15.7. The molecular weight excluding hydrogens is 344 g/mol. The number of anilines is 1. The highest BCUT2D eigenvalue weighted by Crippen LogP contribution is 2.19. The third-order valence-electron chi connectivity index (χ3n) is 4.57. The van der Waals surface area contributed by atoms with Crippen molar-refractivity contribution in [2.45, 2.75) is 26.7 Å². The van der Waals surface area contributed by atoms with E-state index in [0.29, 0.717) is 32.0 Å². The summed E-state index contributed by atoms with van der Waals surface area (Å²) in [5.41, 5.74) is 0.962. The Labute approximate surface area is 157 Å². The van der Waals surface area contributed by atoms with Crippen molar-refractivity contribution in [2.75, 3.05) is 31.1 Å². The van der Waals surface area contributed by atoms with Crippen molar-refractivity contribution in [1.29, 1.82) is 0 Å². The van der Waals surface area contributed by atoms with Crippen molar-refractivity contribution >= 4 is 17.5 Å². The van der Waals surface area contributed by atoms with Gasteiger partial charge in [0.2, 0.25) is 5.82 Å². The number of rotatable bonds is 3. The molecule has 0 bridgehead atoms. The van der Waals surface area contributed by atoms with E-state index in [1.54, 1.807) is 23.4 Å². The lowest BCUT2D eigenvalue weighted by Crippen LogP contribution is -2.49. The predicted octanol–water partition coefficient (Wildman–Crippen LogP) is 1.31. The molecule has 0 radical (unpaired) electrons. The number of carbonyl (C=O) groups is 1. The van der Waals surface area contributed by atoms with Crippen LogP contribution < -0.4 is 4.90 Å². The van der Waals surface area contributed by atoms with E-state index in [1.807, 2.05) is 13.0 Å². The maximum atomic E-state index is 12.7. The molecule has 1 amide bonds. The average Bonchev–Trinajstić information content (AvgIpc) is 3.11. The van der Waals surface area contributed by atoms with Gasteiger partial charge in [0, 0.05) is 56.3 Å². The highest BCUT2D eigenvalue weighted by molar-refractivity contribution is 5.91. The molecule has 0 unspecified atom stereocenters. The Kier molecular flexibility index (Phi) is 4.43. The Balaban J connectivity index is 1.46. The highest BCUT2D eigenvalue weighted by atomic mass is 16.2. The van der Waals surface area contributed by atoms with Crippen LogP contribution in [0, 0.1) is 6.92 Å². The SMILES string of the molecule is Cc1cc(N2CCN(C(=O)c3nc4ncccn4n3)CC2)nc(C(C)C)n1. The van der Waals surface area contributed by atoms with Gasteiger partial charge in [-0.2, -0.15) is 4.98 Å². The third-order valence-corrected chi connectivity index (χ3v) is 4.57. The van der Waals surface area contributed by atoms with Crippen molar-refractivity contribution in [1.82, 2.24) is 34.4 Å². The first-order valence-electron chi connectivity index (χ1n) is 9.08. The second-order valence-corrected chi connectivity index (χ2v) is 6.96. The summed E-state index contributed by atoms with van der Waals surface area (Å²) in [7, 11) is 0. The zero-order valence-electron chi connectivity index (χ0n) is 15.7. The van der Waals surface area contributed by atoms with Crippen LogP contribution in [0.25, 0.3) is 5.78 Å². The van der Waals surface area contributed by atoms with Crippen LogP contribution in [0.2, 0.25) is 0 Å². The molecule has 140 valence electrons. The van der Waals surface area contributed by atoms with E-state index < -0.39 is 0 Å². The number of aromatic nitrogens is 6. The van der Waals surface area contributed by atoms with Gasteiger partial charge in [0.25, 0.3) is 11.7 Å². The summed E-state index contributed by atoms with van der Waals surface area (Å²) in [4.78, 5) is 34.2. The molecule has 27 heavy (non-hydrogen) atoms. The third kappa shape index (κ3) is 3.44. The number of nitrogens with zero attached hydrogens (tertiary/aromatic N) is 8. The Morgan fingerprint density at radius 3 is 2.59 bits per heavy atom. The standard InChI is InChI=1S/C18H22N8O/c1-12(2)15-20-13(3)11-14(21-15)24-7-9-25(10-8-24)17(27)16-22-18-19-5-4-6-26(18)23-16/h4-6,11-12H,7-10H2,1-3H3. The van der Waals surface area contributed by atoms with E-state index >= 15 is 0 Å². The van der Waals surface area contributed by atoms with Crippen LogP contribution in [-0.2, 0) is 0 Å². The van der Waals surface area contributed by atoms with Gasteiger partial charge in [-0.15, -0.1) is 5.10 Å². The van der Waals surface area contributed by atoms with Crippen molar-refractivity contribution in [3.8, 4) is 0 Å². The van der Waals surface area contributed by atoms with Crippen LogP contribution in [0.4, 0.5) is 5.82 Å². The zero-order chi connectivity index (χ0) is 19.0. The largest absolute Gasteiger partial charge is 0.353 e. The van der Waals surface area contributed by atoms with E-state index in [9.17, 15) is 4.79 Å². The van der Waals surface area contributed by atoms with Crippen LogP contribution in [0.15, 0.2) is 24.5 Å². The minimum atomic E-state index is -0.165. The van der Waals surface area contributed by atoms with Gasteiger partial charge < -0.3 is 9.80 Å². The summed E-state index contributed by atoms with van der Waals surface area (Å²) in [6, 6.07) is 3.75. The van der Waals surface area contributed by atoms with E-state index in [2.05, 4.69) is 43.8 Å². The summed E-state index contributed by atoms with van der Waals surface area (Å²) in [5, 5.41) is 4.23. The van der Waals surface area contributed by atoms with E-state index in [4.69, 9.17) is 0 Å². The van der Waals surface area contributed by atoms with Crippen LogP contribution >= 0.6 is 0 Å². The van der Waals surface area contributed by atoms with E-state index in [0.717, 1.165) is 17.3 Å². The number of hydrogen-bond donors (Lipinski definition) is 0. The molecular formula is C18H22N8O. The van der Waals surface area contributed by atoms with E-state index in [-0.39, 0.29) is 17.6 Å². The van der Waals surface area contributed by atoms with Crippen molar-refractivity contribution in [3.63, 3.8) is 0 Å². The molecule has 9 nitrogen and oxygen atoms in total. The molecule has 0 aliphatic carbocycles. The van der Waals surface area contributed by atoms with Crippen molar-refractivity contribution in [3.05, 3.63) is 41.9 Å². The first kappa shape index (κ1) is 17.3. The normalized spacial score (nSPS) is 15.0. The number of fused-ring (bicyclic) bond motifs is 1. The van der Waals surface area contributed by atoms with Crippen molar-refractivity contribution < 1.29 is 4.79 Å². The quantitative estimate of drug-likeness (QED) is 0.690. The van der Waals surface area contributed by atoms with Gasteiger partial charge in [0.05, 0.1) is 0 Å². The topological polar surface area (TPSA) is 92.4 Å². The summed E-state index contributed by atoms with van der Waals surface area (Å²) in [6.45, 7) is 8.79. The molecule has 1 fully saturated rings. The first-order chi connectivity index (χ1) is 13.0. The number of amides is 1. The minimum Gasteiger partial charge on any atom is -0.353 e. The van der Waals surface area contributed by atoms with Crippen LogP contribution in [0.1, 0.15) is 41.9 Å². The van der Waals surface area contributed by atoms with Gasteiger partial charge in [0.1, 0.15) is 11.6 Å². The van der Waals surface area contributed by atoms with Gasteiger partial charge >= 0.3 is 0 Å². The molecule has 4 rings (SSSR count). The molecule has 1 saturated heterocycles. The lowest BCUT2D eigenvalue weighted by atomic mass is 10.2. The number of hydrogen-bond acceptors (Lipinski definition) is 7. The number of aryl methyl sites for hydroxylation is 1. The van der Waals surface area contributed by atoms with Gasteiger partial charge in [-0.05, 0) is 13.0 Å². The Morgan fingerprint density at radius 1 is 1.11 bits per heavy atom. The van der Waals surface area contributed by atoms with Gasteiger partial charge in [-0.1, -0.05) is 13.8 Å². The fraction of sp³-hybridized carbons (Fsp3) is 0.444. The van der Waals surface area contributed by atoms with Crippen LogP contribution in [0.3, 0.4) is 0 Å². The molecule has 1 aliphatic rings. The molecule has 4 heterocycles. The van der Waals surface area contributed by atoms with Gasteiger partial charge in [-0.3, -0.25) is 4.79 Å². The number of piperazine rings is 1. The monoisotopic (exact) mass is 366 g/mol. The second-order valence-electron chi connectivity index (χ2n) is 6.96. The maximum Gasteiger partial charge on any atom is 0.293 e. The maximum absolute atomic E-state index is 12.7. The fourth-order valence-corrected chi connectivity index (χ4v) is 3.10. The molecule has 3 aromatic rings. The summed E-state index contributed by atoms with van der Waals surface area (Å²) >= 11 is 0. The van der Waals surface area contributed by atoms with Gasteiger partial charge in [0.15, 0.2) is 0 Å². The molecule has 0 spiro atoms. The van der Waals surface area contributed by atoms with E-state index in [1.165, 1.54) is 4.52 Å². The Morgan fingerprint density at radius 2 is 1.89 bits per heavy atom. The van der Waals surface area contributed by atoms with Gasteiger partial charge in [-0.25, -0.2) is 19.5 Å². The first-order valence-corrected chi connectivity index (χ1v) is 9.08. The lowest BCUT2D eigenvalue weighted by Gasteiger charge is -2.35. The molecule has 0 aromatic carbocycles. The second kappa shape index (κ2) is 6.90. The average molecular weight is 366 g/mol.